The number of hydrogen-bond acceptors (Lipinski definition) is 3. The Bertz CT molecular complexity index is 2020. The molecule has 2 unspecified atom stereocenters. The van der Waals surface area contributed by atoms with Gasteiger partial charge >= 0.3 is 0 Å². The molecule has 2 heterocycles. The molecule has 2 aliphatic rings. The molecule has 3 nitrogen and oxygen atoms in total. The van der Waals surface area contributed by atoms with E-state index in [-0.39, 0.29) is 5.92 Å². The molecule has 2 aromatic heterocycles. The summed E-state index contributed by atoms with van der Waals surface area (Å²) in [5.41, 5.74) is 7.43. The largest absolute Gasteiger partial charge is 0.264 e. The van der Waals surface area contributed by atoms with Crippen LogP contribution in [-0.2, 0) is 0 Å². The van der Waals surface area contributed by atoms with Crippen LogP contribution in [-0.4, -0.2) is 15.0 Å². The van der Waals surface area contributed by atoms with Crippen LogP contribution in [0.5, 0.6) is 0 Å². The summed E-state index contributed by atoms with van der Waals surface area (Å²) in [6, 6.07) is 25.1. The Labute approximate surface area is 271 Å². The van der Waals surface area contributed by atoms with Gasteiger partial charge in [0.25, 0.3) is 0 Å². The Morgan fingerprint density at radius 1 is 0.739 bits per heavy atom. The van der Waals surface area contributed by atoms with Crippen LogP contribution in [0, 0.1) is 0 Å². The molecule has 0 fully saturated rings. The fourth-order valence-corrected chi connectivity index (χ4v) is 5.70. The van der Waals surface area contributed by atoms with Crippen molar-refractivity contribution in [1.29, 1.82) is 0 Å². The molecule has 0 amide bonds. The number of hydrogen-bond donors (Lipinski definition) is 0. The first-order valence-electron chi connectivity index (χ1n) is 15.7. The predicted octanol–water partition coefficient (Wildman–Crippen LogP) is 8.70. The van der Waals surface area contributed by atoms with Crippen LogP contribution in [0.2, 0.25) is 0 Å². The summed E-state index contributed by atoms with van der Waals surface area (Å²) >= 11 is 0. The molecule has 0 saturated carbocycles. The Morgan fingerprint density at radius 3 is 2.20 bits per heavy atom. The Morgan fingerprint density at radius 2 is 1.48 bits per heavy atom. The lowest BCUT2D eigenvalue weighted by Gasteiger charge is -2.20. The summed E-state index contributed by atoms with van der Waals surface area (Å²) in [7, 11) is 0. The number of aromatic nitrogens is 3. The van der Waals surface area contributed by atoms with Crippen LogP contribution in [0.1, 0.15) is 53.0 Å². The average molecular weight is 596 g/mol. The standard InChI is InChI=1S/C43H37N3/c1-3-13-33-18-10-11-19-34(33)15-7-4-6-14-32(2)43-45-41(38-25-21-36(22-26-38)35-16-8-5-9-17-35)30-42(46-43)39-27-23-37(24-28-39)40-20-12-29-44-31-40/h3-21,23-27,29-31,36,39H,1-2,22,28H2/b7-4+,14-6-,33-13-,34-15+. The van der Waals surface area contributed by atoms with Crippen LogP contribution in [0.3, 0.4) is 0 Å². The summed E-state index contributed by atoms with van der Waals surface area (Å²) < 4.78 is 0. The van der Waals surface area contributed by atoms with Gasteiger partial charge in [0.2, 0.25) is 0 Å². The van der Waals surface area contributed by atoms with E-state index >= 15 is 0 Å². The van der Waals surface area contributed by atoms with Crippen molar-refractivity contribution in [2.75, 3.05) is 0 Å². The molecule has 0 radical (unpaired) electrons. The Kier molecular flexibility index (Phi) is 9.82. The molecule has 46 heavy (non-hydrogen) atoms. The lowest BCUT2D eigenvalue weighted by molar-refractivity contribution is 0.803. The minimum Gasteiger partial charge on any atom is -0.264 e. The smallest absolute Gasteiger partial charge is 0.159 e. The minimum absolute atomic E-state index is 0.143. The van der Waals surface area contributed by atoms with Crippen LogP contribution >= 0.6 is 0 Å². The fraction of sp³-hybridized carbons (Fsp3) is 0.0930. The molecule has 0 saturated heterocycles. The van der Waals surface area contributed by atoms with Crippen molar-refractivity contribution in [3.05, 3.63) is 204 Å². The number of pyridine rings is 1. The Balaban J connectivity index is 1.26. The number of nitrogens with zero attached hydrogens (tertiary/aromatic N) is 3. The van der Waals surface area contributed by atoms with Gasteiger partial charge in [-0.15, -0.1) is 0 Å². The third kappa shape index (κ3) is 7.51. The molecule has 224 valence electrons. The van der Waals surface area contributed by atoms with Crippen molar-refractivity contribution in [1.82, 2.24) is 15.0 Å². The third-order valence-electron chi connectivity index (χ3n) is 8.22. The van der Waals surface area contributed by atoms with Crippen LogP contribution in [0.15, 0.2) is 165 Å². The van der Waals surface area contributed by atoms with Gasteiger partial charge in [-0.25, -0.2) is 9.97 Å². The highest BCUT2D eigenvalue weighted by molar-refractivity contribution is 5.77. The topological polar surface area (TPSA) is 38.7 Å². The maximum atomic E-state index is 5.04. The first-order chi connectivity index (χ1) is 22.7. The van der Waals surface area contributed by atoms with Crippen molar-refractivity contribution in [3.8, 4) is 0 Å². The van der Waals surface area contributed by atoms with Crippen molar-refractivity contribution in [2.45, 2.75) is 24.7 Å². The molecule has 0 bridgehead atoms. The number of benzene rings is 2. The van der Waals surface area contributed by atoms with Crippen LogP contribution in [0.25, 0.3) is 28.9 Å². The van der Waals surface area contributed by atoms with Crippen molar-refractivity contribution in [3.63, 3.8) is 0 Å². The predicted molar refractivity (Wildman–Crippen MR) is 194 cm³/mol. The molecule has 2 aliphatic carbocycles. The summed E-state index contributed by atoms with van der Waals surface area (Å²) in [6.45, 7) is 8.17. The maximum absolute atomic E-state index is 5.04. The van der Waals surface area contributed by atoms with Gasteiger partial charge in [0, 0.05) is 29.8 Å². The van der Waals surface area contributed by atoms with Crippen LogP contribution in [0.4, 0.5) is 0 Å². The molecule has 6 rings (SSSR count). The fourth-order valence-electron chi connectivity index (χ4n) is 5.70. The lowest BCUT2D eigenvalue weighted by Crippen LogP contribution is -2.22. The van der Waals surface area contributed by atoms with E-state index in [0.717, 1.165) is 51.4 Å². The molecule has 3 heteroatoms. The van der Waals surface area contributed by atoms with Gasteiger partial charge < -0.3 is 0 Å². The van der Waals surface area contributed by atoms with Gasteiger partial charge in [0.1, 0.15) is 0 Å². The highest BCUT2D eigenvalue weighted by Crippen LogP contribution is 2.34. The van der Waals surface area contributed by atoms with Crippen molar-refractivity contribution in [2.24, 2.45) is 0 Å². The van der Waals surface area contributed by atoms with Gasteiger partial charge in [-0.2, -0.15) is 0 Å². The molecule has 2 atom stereocenters. The zero-order valence-electron chi connectivity index (χ0n) is 25.9. The van der Waals surface area contributed by atoms with E-state index in [1.165, 1.54) is 11.1 Å². The van der Waals surface area contributed by atoms with E-state index in [0.29, 0.717) is 11.7 Å². The number of rotatable bonds is 9. The number of allylic oxidation sites excluding steroid dienone is 14. The second-order valence-corrected chi connectivity index (χ2v) is 11.3. The molecule has 0 spiro atoms. The first kappa shape index (κ1) is 30.4. The quantitative estimate of drug-likeness (QED) is 0.182. The average Bonchev–Trinajstić information content (AvgIpc) is 3.13. The summed E-state index contributed by atoms with van der Waals surface area (Å²) in [4.78, 5) is 14.3. The van der Waals surface area contributed by atoms with E-state index in [2.05, 4.69) is 115 Å². The summed E-state index contributed by atoms with van der Waals surface area (Å²) in [5.74, 6) is 1.15. The second-order valence-electron chi connectivity index (χ2n) is 11.3. The highest BCUT2D eigenvalue weighted by atomic mass is 14.9. The summed E-state index contributed by atoms with van der Waals surface area (Å²) in [5, 5.41) is 2.27. The summed E-state index contributed by atoms with van der Waals surface area (Å²) in [6.07, 6.45) is 32.9. The van der Waals surface area contributed by atoms with Crippen molar-refractivity contribution < 1.29 is 0 Å². The lowest BCUT2D eigenvalue weighted by atomic mass is 9.88. The molecule has 0 aliphatic heterocycles. The van der Waals surface area contributed by atoms with Crippen LogP contribution < -0.4 is 10.4 Å². The van der Waals surface area contributed by atoms with Gasteiger partial charge in [-0.1, -0.05) is 153 Å². The zero-order valence-corrected chi connectivity index (χ0v) is 25.9. The highest BCUT2D eigenvalue weighted by Gasteiger charge is 2.19. The van der Waals surface area contributed by atoms with Gasteiger partial charge in [0.05, 0.1) is 11.4 Å². The van der Waals surface area contributed by atoms with Gasteiger partial charge in [-0.05, 0) is 57.7 Å². The first-order valence-corrected chi connectivity index (χ1v) is 15.7. The van der Waals surface area contributed by atoms with E-state index in [1.807, 2.05) is 60.9 Å². The zero-order chi connectivity index (χ0) is 31.6. The third-order valence-corrected chi connectivity index (χ3v) is 8.22. The van der Waals surface area contributed by atoms with Crippen molar-refractivity contribution >= 4 is 28.9 Å². The molecule has 0 N–H and O–H groups in total. The molecular weight excluding hydrogens is 558 g/mol. The van der Waals surface area contributed by atoms with Gasteiger partial charge in [-0.3, -0.25) is 4.98 Å². The van der Waals surface area contributed by atoms with E-state index in [1.54, 1.807) is 6.20 Å². The molecule has 2 aromatic carbocycles. The van der Waals surface area contributed by atoms with E-state index < -0.39 is 0 Å². The molecular formula is C43H37N3. The van der Waals surface area contributed by atoms with Gasteiger partial charge in [0.15, 0.2) is 5.82 Å². The maximum Gasteiger partial charge on any atom is 0.159 e. The normalized spacial score (nSPS) is 18.6. The van der Waals surface area contributed by atoms with E-state index in [4.69, 9.17) is 9.97 Å². The SMILES string of the molecule is C=C/C=c1/cccc/c1=C\C=C\C=C/C(=C)c1nc(C2=CCC(c3ccccc3)C=C2)cc(C2C=CC(c3cccnc3)=CC2)n1. The second kappa shape index (κ2) is 14.9. The monoisotopic (exact) mass is 595 g/mol. The Hall–Kier alpha value is -5.67. The molecule has 4 aromatic rings. The minimum atomic E-state index is 0.143. The van der Waals surface area contributed by atoms with E-state index in [9.17, 15) is 0 Å².